The highest BCUT2D eigenvalue weighted by Gasteiger charge is 2.66. The molecule has 2 saturated carbocycles. The molecule has 1 aromatic heterocycles. The quantitative estimate of drug-likeness (QED) is 0.626. The third kappa shape index (κ3) is 3.89. The van der Waals surface area contributed by atoms with Gasteiger partial charge in [0.25, 0.3) is 0 Å². The van der Waals surface area contributed by atoms with Crippen LogP contribution in [-0.2, 0) is 40.1 Å². The van der Waals surface area contributed by atoms with Crippen LogP contribution in [0.15, 0.2) is 36.8 Å². The molecule has 3 fully saturated rings. The Balaban J connectivity index is 1.18. The number of aryl methyl sites for hydroxylation is 2. The van der Waals surface area contributed by atoms with E-state index >= 15 is 0 Å². The summed E-state index contributed by atoms with van der Waals surface area (Å²) >= 11 is 0. The van der Waals surface area contributed by atoms with Crippen molar-refractivity contribution >= 4 is 15.9 Å². The fourth-order valence-corrected chi connectivity index (χ4v) is 10.8. The molecule has 37 heavy (non-hydrogen) atoms. The number of amides is 1. The van der Waals surface area contributed by atoms with Crippen LogP contribution < -0.4 is 5.32 Å². The monoisotopic (exact) mass is 524 g/mol. The zero-order valence-electron chi connectivity index (χ0n) is 22.4. The van der Waals surface area contributed by atoms with Crippen molar-refractivity contribution in [3.63, 3.8) is 0 Å². The van der Waals surface area contributed by atoms with Crippen LogP contribution in [0, 0.1) is 16.7 Å². The van der Waals surface area contributed by atoms with Crippen molar-refractivity contribution in [3.05, 3.63) is 53.6 Å². The number of aromatic nitrogens is 2. The molecule has 4 aliphatic rings. The third-order valence-electron chi connectivity index (χ3n) is 11.0. The molecular formula is C29H40N4O3S. The Hall–Kier alpha value is -2.19. The average molecular weight is 525 g/mol. The second-order valence-corrected chi connectivity index (χ2v) is 14.7. The predicted molar refractivity (Wildman–Crippen MR) is 143 cm³/mol. The number of rotatable bonds is 6. The molecule has 0 radical (unpaired) electrons. The number of hydrogen-bond donors (Lipinski definition) is 1. The first kappa shape index (κ1) is 25.1. The van der Waals surface area contributed by atoms with E-state index < -0.39 is 15.4 Å². The zero-order chi connectivity index (χ0) is 26.1. The number of fused-ring (bicyclic) bond motifs is 4. The fourth-order valence-electron chi connectivity index (χ4n) is 8.48. The number of carbonyl (C=O) groups is 1. The Labute approximate surface area is 221 Å². The highest BCUT2D eigenvalue weighted by molar-refractivity contribution is 7.89. The van der Waals surface area contributed by atoms with Gasteiger partial charge in [0, 0.05) is 43.5 Å². The van der Waals surface area contributed by atoms with Crippen molar-refractivity contribution in [2.45, 2.75) is 76.7 Å². The molecule has 1 aliphatic heterocycles. The maximum Gasteiger partial charge on any atom is 0.226 e. The zero-order valence-corrected chi connectivity index (χ0v) is 23.2. The van der Waals surface area contributed by atoms with E-state index in [-0.39, 0.29) is 35.0 Å². The van der Waals surface area contributed by atoms with E-state index in [0.717, 1.165) is 50.6 Å². The van der Waals surface area contributed by atoms with Gasteiger partial charge in [-0.3, -0.25) is 4.79 Å². The van der Waals surface area contributed by atoms with Crippen molar-refractivity contribution in [2.75, 3.05) is 18.8 Å². The van der Waals surface area contributed by atoms with Crippen molar-refractivity contribution in [3.8, 4) is 0 Å². The first-order valence-electron chi connectivity index (χ1n) is 13.9. The number of sulfonamides is 1. The molecule has 6 rings (SSSR count). The molecule has 3 atom stereocenters. The molecule has 1 amide bonds. The molecule has 2 heterocycles. The molecule has 1 aromatic carbocycles. The largest absolute Gasteiger partial charge is 0.352 e. The molecule has 200 valence electrons. The average Bonchev–Trinajstić information content (AvgIpc) is 3.54. The highest BCUT2D eigenvalue weighted by atomic mass is 32.2. The molecule has 1 saturated heterocycles. The van der Waals surface area contributed by atoms with Crippen LogP contribution in [-0.4, -0.2) is 53.1 Å². The number of nitrogens with zero attached hydrogens (tertiary/aromatic N) is 3. The molecule has 2 aromatic rings. The summed E-state index contributed by atoms with van der Waals surface area (Å²) in [6.07, 6.45) is 10.4. The SMILES string of the molecule is Cn1cncc1CC(=O)N[C@H]1C[C@H]2CC[C@]1(CS(=O)(=O)N1CCC3(CCc4ccccc43)CC1)C2(C)C. The Kier molecular flexibility index (Phi) is 5.88. The van der Waals surface area contributed by atoms with E-state index in [1.54, 1.807) is 16.8 Å². The molecule has 2 bridgehead atoms. The fraction of sp³-hybridized carbons (Fsp3) is 0.655. The van der Waals surface area contributed by atoms with Crippen LogP contribution in [0.1, 0.15) is 69.2 Å². The molecule has 0 unspecified atom stereocenters. The van der Waals surface area contributed by atoms with Gasteiger partial charge in [-0.25, -0.2) is 17.7 Å². The minimum Gasteiger partial charge on any atom is -0.352 e. The van der Waals surface area contributed by atoms with Crippen molar-refractivity contribution < 1.29 is 13.2 Å². The summed E-state index contributed by atoms with van der Waals surface area (Å²) in [5, 5.41) is 3.29. The number of nitrogens with one attached hydrogen (secondary N) is 1. The van der Waals surface area contributed by atoms with E-state index in [2.05, 4.69) is 48.4 Å². The Morgan fingerprint density at radius 1 is 1.14 bits per heavy atom. The Morgan fingerprint density at radius 2 is 1.89 bits per heavy atom. The van der Waals surface area contributed by atoms with E-state index in [1.807, 2.05) is 11.6 Å². The molecule has 1 N–H and O–H groups in total. The number of imidazole rings is 1. The van der Waals surface area contributed by atoms with Crippen LogP contribution >= 0.6 is 0 Å². The van der Waals surface area contributed by atoms with Crippen molar-refractivity contribution in [2.24, 2.45) is 23.8 Å². The van der Waals surface area contributed by atoms with Gasteiger partial charge in [-0.2, -0.15) is 0 Å². The van der Waals surface area contributed by atoms with Crippen molar-refractivity contribution in [1.29, 1.82) is 0 Å². The molecule has 8 heteroatoms. The van der Waals surface area contributed by atoms with Gasteiger partial charge >= 0.3 is 0 Å². The Bertz CT molecular complexity index is 1310. The topological polar surface area (TPSA) is 84.3 Å². The van der Waals surface area contributed by atoms with Crippen LogP contribution in [0.3, 0.4) is 0 Å². The number of hydrogen-bond acceptors (Lipinski definition) is 4. The lowest BCUT2D eigenvalue weighted by atomic mass is 9.69. The Morgan fingerprint density at radius 3 is 2.59 bits per heavy atom. The van der Waals surface area contributed by atoms with E-state index in [0.29, 0.717) is 19.0 Å². The first-order chi connectivity index (χ1) is 17.6. The van der Waals surface area contributed by atoms with E-state index in [4.69, 9.17) is 0 Å². The summed E-state index contributed by atoms with van der Waals surface area (Å²) in [5.41, 5.74) is 3.30. The summed E-state index contributed by atoms with van der Waals surface area (Å²) in [7, 11) is -1.58. The highest BCUT2D eigenvalue weighted by Crippen LogP contribution is 2.66. The lowest BCUT2D eigenvalue weighted by Crippen LogP contribution is -2.55. The second-order valence-electron chi connectivity index (χ2n) is 12.7. The number of piperidine rings is 1. The van der Waals surface area contributed by atoms with Crippen LogP contribution in [0.5, 0.6) is 0 Å². The predicted octanol–water partition coefficient (Wildman–Crippen LogP) is 3.58. The smallest absolute Gasteiger partial charge is 0.226 e. The molecule has 1 spiro atoms. The number of benzene rings is 1. The van der Waals surface area contributed by atoms with Gasteiger partial charge in [0.15, 0.2) is 0 Å². The lowest BCUT2D eigenvalue weighted by molar-refractivity contribution is -0.122. The number of carbonyl (C=O) groups excluding carboxylic acids is 1. The van der Waals surface area contributed by atoms with Gasteiger partial charge in [0.05, 0.1) is 18.5 Å². The summed E-state index contributed by atoms with van der Waals surface area (Å²) in [5.74, 6) is 0.516. The van der Waals surface area contributed by atoms with Gasteiger partial charge < -0.3 is 9.88 Å². The lowest BCUT2D eigenvalue weighted by Gasteiger charge is -2.45. The first-order valence-corrected chi connectivity index (χ1v) is 15.5. The molecule has 3 aliphatic carbocycles. The van der Waals surface area contributed by atoms with Crippen LogP contribution in [0.25, 0.3) is 0 Å². The van der Waals surface area contributed by atoms with Gasteiger partial charge in [0.1, 0.15) is 0 Å². The third-order valence-corrected chi connectivity index (χ3v) is 13.0. The summed E-state index contributed by atoms with van der Waals surface area (Å²) in [6, 6.07) is 8.60. The summed E-state index contributed by atoms with van der Waals surface area (Å²) in [6.45, 7) is 5.64. The maximum atomic E-state index is 14.0. The van der Waals surface area contributed by atoms with Crippen LogP contribution in [0.4, 0.5) is 0 Å². The minimum atomic E-state index is -3.46. The molecule has 7 nitrogen and oxygen atoms in total. The summed E-state index contributed by atoms with van der Waals surface area (Å²) < 4.78 is 31.6. The van der Waals surface area contributed by atoms with Gasteiger partial charge in [-0.1, -0.05) is 38.1 Å². The standard InChI is InChI=1S/C29H40N4O3S/c1-27(2)22-9-11-29(27,25(16-22)31-26(34)17-23-18-30-20-32(23)3)19-37(35,36)33-14-12-28(13-15-33)10-8-21-6-4-5-7-24(21)28/h4-7,18,20,22,25H,8-17,19H2,1-3H3,(H,31,34)/t22-,25+,29-/m1/s1. The van der Waals surface area contributed by atoms with Crippen molar-refractivity contribution in [1.82, 2.24) is 19.2 Å². The van der Waals surface area contributed by atoms with Crippen LogP contribution in [0.2, 0.25) is 0 Å². The van der Waals surface area contributed by atoms with Gasteiger partial charge in [-0.15, -0.1) is 0 Å². The normalized spacial score (nSPS) is 30.0. The minimum absolute atomic E-state index is 0.0477. The van der Waals surface area contributed by atoms with Gasteiger partial charge in [-0.05, 0) is 72.8 Å². The van der Waals surface area contributed by atoms with E-state index in [1.165, 1.54) is 11.1 Å². The second kappa shape index (κ2) is 8.67. The summed E-state index contributed by atoms with van der Waals surface area (Å²) in [4.78, 5) is 17.2. The van der Waals surface area contributed by atoms with E-state index in [9.17, 15) is 13.2 Å². The molecular weight excluding hydrogens is 484 g/mol. The maximum absolute atomic E-state index is 14.0. The van der Waals surface area contributed by atoms with Gasteiger partial charge in [0.2, 0.25) is 15.9 Å².